The van der Waals surface area contributed by atoms with E-state index in [1.54, 1.807) is 49.9 Å². The van der Waals surface area contributed by atoms with Crippen molar-refractivity contribution in [3.63, 3.8) is 0 Å². The molecule has 0 aliphatic carbocycles. The third kappa shape index (κ3) is 5.28. The molecule has 2 aromatic carbocycles. The van der Waals surface area contributed by atoms with Crippen LogP contribution in [-0.4, -0.2) is 29.7 Å². The minimum absolute atomic E-state index is 0.168. The van der Waals surface area contributed by atoms with E-state index in [0.29, 0.717) is 23.2 Å². The molecule has 1 atom stereocenters. The van der Waals surface area contributed by atoms with Crippen molar-refractivity contribution in [1.29, 1.82) is 0 Å². The summed E-state index contributed by atoms with van der Waals surface area (Å²) in [5.41, 5.74) is 2.10. The zero-order valence-corrected chi connectivity index (χ0v) is 18.8. The smallest absolute Gasteiger partial charge is 0.252 e. The van der Waals surface area contributed by atoms with Gasteiger partial charge in [-0.15, -0.1) is 0 Å². The molecule has 0 bridgehead atoms. The number of nitrogens with one attached hydrogen (secondary N) is 1. The van der Waals surface area contributed by atoms with Gasteiger partial charge in [-0.1, -0.05) is 6.07 Å². The molecule has 0 aliphatic heterocycles. The first-order valence-corrected chi connectivity index (χ1v) is 11.2. The molecule has 2 aromatic heterocycles. The second kappa shape index (κ2) is 10.1. The van der Waals surface area contributed by atoms with Crippen LogP contribution in [0, 0.1) is 11.6 Å². The van der Waals surface area contributed by atoms with Crippen molar-refractivity contribution in [2.45, 2.75) is 6.42 Å². The Morgan fingerprint density at radius 3 is 2.62 bits per heavy atom. The van der Waals surface area contributed by atoms with E-state index in [4.69, 9.17) is 9.29 Å². The number of halogens is 2. The van der Waals surface area contributed by atoms with Crippen LogP contribution >= 0.6 is 0 Å². The van der Waals surface area contributed by atoms with Gasteiger partial charge < -0.3 is 9.30 Å². The number of ether oxygens (including phenoxy) is 1. The molecule has 11 heteroatoms. The lowest BCUT2D eigenvalue weighted by molar-refractivity contribution is 0.439. The van der Waals surface area contributed by atoms with E-state index in [9.17, 15) is 17.8 Å². The summed E-state index contributed by atoms with van der Waals surface area (Å²) in [6.07, 6.45) is 5.28. The minimum atomic E-state index is -2.14. The van der Waals surface area contributed by atoms with Gasteiger partial charge >= 0.3 is 0 Å². The predicted octanol–water partition coefficient (Wildman–Crippen LogP) is 3.58. The third-order valence-corrected chi connectivity index (χ3v) is 5.50. The summed E-state index contributed by atoms with van der Waals surface area (Å²) in [6, 6.07) is 11.3. The first-order valence-electron chi connectivity index (χ1n) is 10.1. The lowest BCUT2D eigenvalue weighted by Gasteiger charge is -2.17. The van der Waals surface area contributed by atoms with Gasteiger partial charge in [0.05, 0.1) is 5.69 Å². The number of hydrogen-bond donors (Lipinski definition) is 2. The summed E-state index contributed by atoms with van der Waals surface area (Å²) in [6.45, 7) is 0.231. The number of pyridine rings is 1. The molecule has 4 rings (SSSR count). The molecular formula is C23H20F2N4O4S. The van der Waals surface area contributed by atoms with Gasteiger partial charge in [-0.2, -0.15) is 5.10 Å². The summed E-state index contributed by atoms with van der Waals surface area (Å²) in [5, 5.41) is 4.23. The minimum Gasteiger partial charge on any atom is -0.454 e. The highest BCUT2D eigenvalue weighted by molar-refractivity contribution is 7.77. The van der Waals surface area contributed by atoms with Crippen LogP contribution in [0.2, 0.25) is 0 Å². The Kier molecular flexibility index (Phi) is 6.96. The molecule has 8 nitrogen and oxygen atoms in total. The highest BCUT2D eigenvalue weighted by Crippen LogP contribution is 2.37. The molecule has 0 amide bonds. The summed E-state index contributed by atoms with van der Waals surface area (Å²) in [5.74, 6) is -1.50. The van der Waals surface area contributed by atoms with Crippen LogP contribution < -0.4 is 15.0 Å². The first-order chi connectivity index (χ1) is 16.3. The third-order valence-electron chi connectivity index (χ3n) is 5.04. The molecule has 0 spiro atoms. The van der Waals surface area contributed by atoms with Crippen molar-refractivity contribution in [3.05, 3.63) is 94.7 Å². The number of aromatic nitrogens is 3. The molecule has 176 valence electrons. The summed E-state index contributed by atoms with van der Waals surface area (Å²) in [4.78, 5) is 12.4. The standard InChI is InChI=1S/C23H20F2N4O4S/c1-28-14-18(20(13-23(28)30)29-10-2-8-26-29)17-11-15(7-9-27-34(31)32)3-5-21(17)33-22-6-4-16(24)12-19(22)25/h2-6,8,10-14,27H,7,9H2,1H3,(H,31,32). The molecule has 2 N–H and O–H groups in total. The van der Waals surface area contributed by atoms with E-state index in [0.717, 1.165) is 17.7 Å². The van der Waals surface area contributed by atoms with E-state index in [1.807, 2.05) is 0 Å². The SMILES string of the molecule is Cn1cc(-c2cc(CCNS(=O)O)ccc2Oc2ccc(F)cc2F)c(-n2cccn2)cc1=O. The van der Waals surface area contributed by atoms with Crippen molar-refractivity contribution in [3.8, 4) is 28.3 Å². The van der Waals surface area contributed by atoms with Crippen LogP contribution in [0.5, 0.6) is 11.5 Å². The second-order valence-electron chi connectivity index (χ2n) is 7.37. The molecule has 0 saturated carbocycles. The molecule has 0 saturated heterocycles. The van der Waals surface area contributed by atoms with Gasteiger partial charge in [-0.3, -0.25) is 9.35 Å². The molecule has 4 aromatic rings. The Morgan fingerprint density at radius 1 is 1.12 bits per heavy atom. The molecule has 0 fully saturated rings. The average molecular weight is 487 g/mol. The first kappa shape index (κ1) is 23.5. The van der Waals surface area contributed by atoms with Crippen molar-refractivity contribution < 1.29 is 22.3 Å². The van der Waals surface area contributed by atoms with E-state index in [-0.39, 0.29) is 23.6 Å². The van der Waals surface area contributed by atoms with Crippen LogP contribution in [0.25, 0.3) is 16.8 Å². The van der Waals surface area contributed by atoms with E-state index in [1.165, 1.54) is 21.4 Å². The number of aryl methyl sites for hydroxylation is 1. The molecule has 0 radical (unpaired) electrons. The molecular weight excluding hydrogens is 466 g/mol. The van der Waals surface area contributed by atoms with Gasteiger partial charge in [0.1, 0.15) is 11.6 Å². The largest absolute Gasteiger partial charge is 0.454 e. The number of hydrogen-bond acceptors (Lipinski definition) is 4. The number of rotatable bonds is 8. The molecule has 1 unspecified atom stereocenters. The fourth-order valence-corrected chi connectivity index (χ4v) is 3.70. The topological polar surface area (TPSA) is 98.4 Å². The van der Waals surface area contributed by atoms with Crippen molar-refractivity contribution in [1.82, 2.24) is 19.1 Å². The molecule has 0 aliphatic rings. The summed E-state index contributed by atoms with van der Waals surface area (Å²) >= 11 is -2.14. The normalized spacial score (nSPS) is 12.0. The van der Waals surface area contributed by atoms with Crippen molar-refractivity contribution in [2.24, 2.45) is 7.05 Å². The zero-order valence-electron chi connectivity index (χ0n) is 17.9. The van der Waals surface area contributed by atoms with Crippen molar-refractivity contribution >= 4 is 11.3 Å². The number of benzene rings is 2. The van der Waals surface area contributed by atoms with Gasteiger partial charge in [-0.25, -0.2) is 22.4 Å². The Hall–Kier alpha value is -3.67. The Labute approximate surface area is 195 Å². The van der Waals surface area contributed by atoms with Gasteiger partial charge in [0, 0.05) is 55.4 Å². The van der Waals surface area contributed by atoms with E-state index >= 15 is 0 Å². The summed E-state index contributed by atoms with van der Waals surface area (Å²) in [7, 11) is 1.60. The van der Waals surface area contributed by atoms with Crippen LogP contribution in [0.1, 0.15) is 5.56 Å². The maximum atomic E-state index is 14.3. The Bertz CT molecular complexity index is 1410. The summed E-state index contributed by atoms with van der Waals surface area (Å²) < 4.78 is 58.7. The lowest BCUT2D eigenvalue weighted by atomic mass is 10.00. The Balaban J connectivity index is 1.85. The van der Waals surface area contributed by atoms with Crippen LogP contribution in [0.15, 0.2) is 71.9 Å². The maximum Gasteiger partial charge on any atom is 0.252 e. The molecule has 2 heterocycles. The maximum absolute atomic E-state index is 14.3. The highest BCUT2D eigenvalue weighted by Gasteiger charge is 2.17. The zero-order chi connectivity index (χ0) is 24.2. The molecule has 34 heavy (non-hydrogen) atoms. The van der Waals surface area contributed by atoms with Gasteiger partial charge in [0.2, 0.25) is 11.3 Å². The number of nitrogens with zero attached hydrogens (tertiary/aromatic N) is 3. The van der Waals surface area contributed by atoms with E-state index in [2.05, 4.69) is 9.82 Å². The average Bonchev–Trinajstić information content (AvgIpc) is 3.32. The van der Waals surface area contributed by atoms with E-state index < -0.39 is 22.9 Å². The monoisotopic (exact) mass is 486 g/mol. The van der Waals surface area contributed by atoms with Crippen molar-refractivity contribution in [2.75, 3.05) is 6.54 Å². The quantitative estimate of drug-likeness (QED) is 0.371. The van der Waals surface area contributed by atoms with Gasteiger partial charge in [0.15, 0.2) is 11.6 Å². The predicted molar refractivity (Wildman–Crippen MR) is 123 cm³/mol. The lowest BCUT2D eigenvalue weighted by Crippen LogP contribution is -2.19. The Morgan fingerprint density at radius 2 is 1.91 bits per heavy atom. The van der Waals surface area contributed by atoms with Crippen LogP contribution in [0.3, 0.4) is 0 Å². The fourth-order valence-electron chi connectivity index (χ4n) is 3.42. The van der Waals surface area contributed by atoms with Crippen LogP contribution in [-0.2, 0) is 24.7 Å². The highest BCUT2D eigenvalue weighted by atomic mass is 32.2. The van der Waals surface area contributed by atoms with Gasteiger partial charge in [0.25, 0.3) is 5.56 Å². The fraction of sp³-hybridized carbons (Fsp3) is 0.130. The van der Waals surface area contributed by atoms with Gasteiger partial charge in [-0.05, 0) is 42.3 Å². The van der Waals surface area contributed by atoms with Crippen LogP contribution in [0.4, 0.5) is 8.78 Å². The second-order valence-corrected chi connectivity index (χ2v) is 8.16.